The van der Waals surface area contributed by atoms with Crippen LogP contribution in [0.2, 0.25) is 0 Å². The van der Waals surface area contributed by atoms with Crippen LogP contribution in [0.25, 0.3) is 0 Å². The van der Waals surface area contributed by atoms with Gasteiger partial charge in [0.25, 0.3) is 10.1 Å². The Hall–Kier alpha value is -1.70. The van der Waals surface area contributed by atoms with Crippen LogP contribution in [0.15, 0.2) is 48.6 Å². The molecule has 0 heterocycles. The first-order chi connectivity index (χ1) is 26.3. The highest BCUT2D eigenvalue weighted by Crippen LogP contribution is 2.15. The predicted octanol–water partition coefficient (Wildman–Crippen LogP) is 13.9. The Morgan fingerprint density at radius 2 is 0.833 bits per heavy atom. The van der Waals surface area contributed by atoms with Gasteiger partial charge in [-0.2, -0.15) is 8.42 Å². The van der Waals surface area contributed by atoms with Crippen molar-refractivity contribution >= 4 is 16.0 Å². The lowest BCUT2D eigenvalue weighted by Gasteiger charge is -2.21. The van der Waals surface area contributed by atoms with Crippen LogP contribution in [0.1, 0.15) is 226 Å². The summed E-state index contributed by atoms with van der Waals surface area (Å²) in [5.74, 6) is -0.986. The number of allylic oxidation sites excluding steroid dienone is 7. The van der Waals surface area contributed by atoms with Crippen LogP contribution in [0.4, 0.5) is 0 Å². The molecule has 0 rings (SSSR count). The van der Waals surface area contributed by atoms with Gasteiger partial charge in [0.15, 0.2) is 0 Å². The van der Waals surface area contributed by atoms with Crippen molar-refractivity contribution in [2.24, 2.45) is 0 Å². The Bertz CT molecular complexity index is 1030. The quantitative estimate of drug-likeness (QED) is 0.0326. The van der Waals surface area contributed by atoms with Crippen LogP contribution in [0.3, 0.4) is 0 Å². The minimum absolute atomic E-state index is 0.285. The SMILES string of the molecule is CCCCCCC/C=C\C/C=C\C/C=C\CCCCCCCCCCC(=O)NC(CS(=O)(=O)O)C(O)/C=C/CCCCCCCCCCCCCCCC. The van der Waals surface area contributed by atoms with Crippen LogP contribution < -0.4 is 5.32 Å². The molecule has 1 amide bonds. The van der Waals surface area contributed by atoms with E-state index in [4.69, 9.17) is 0 Å². The van der Waals surface area contributed by atoms with Crippen molar-refractivity contribution in [3.8, 4) is 0 Å². The van der Waals surface area contributed by atoms with E-state index in [1.807, 2.05) is 6.08 Å². The predicted molar refractivity (Wildman–Crippen MR) is 235 cm³/mol. The molecule has 0 aromatic heterocycles. The topological polar surface area (TPSA) is 104 Å². The molecule has 2 unspecified atom stereocenters. The standard InChI is InChI=1S/C47H87NO5S/c1-3-5-7-9-11-13-15-17-19-21-22-23-24-25-26-27-29-31-33-35-37-39-41-43-47(50)48-45(44-54(51,52)53)46(49)42-40-38-36-34-32-30-28-20-18-16-14-12-10-8-6-4-2/h15,17,21-22,24-25,40,42,45-46,49H,3-14,16,18-20,23,26-39,41,43-44H2,1-2H3,(H,48,50)(H,51,52,53)/b17-15-,22-21-,25-24-,42-40+. The molecule has 0 aliphatic heterocycles. The van der Waals surface area contributed by atoms with Gasteiger partial charge in [-0.15, -0.1) is 0 Å². The summed E-state index contributed by atoms with van der Waals surface area (Å²) in [5.41, 5.74) is 0. The van der Waals surface area contributed by atoms with E-state index in [1.54, 1.807) is 6.08 Å². The van der Waals surface area contributed by atoms with E-state index < -0.39 is 28.0 Å². The van der Waals surface area contributed by atoms with Gasteiger partial charge in [0, 0.05) is 6.42 Å². The van der Waals surface area contributed by atoms with Gasteiger partial charge in [-0.3, -0.25) is 9.35 Å². The average Bonchev–Trinajstić information content (AvgIpc) is 3.14. The Morgan fingerprint density at radius 3 is 1.22 bits per heavy atom. The molecule has 0 fully saturated rings. The molecule has 2 atom stereocenters. The van der Waals surface area contributed by atoms with Crippen LogP contribution >= 0.6 is 0 Å². The molecule has 0 aliphatic rings. The van der Waals surface area contributed by atoms with Crippen molar-refractivity contribution in [3.63, 3.8) is 0 Å². The maximum atomic E-state index is 12.5. The van der Waals surface area contributed by atoms with Crippen molar-refractivity contribution in [3.05, 3.63) is 48.6 Å². The molecular weight excluding hydrogens is 691 g/mol. The zero-order valence-electron chi connectivity index (χ0n) is 35.3. The molecule has 0 saturated heterocycles. The summed E-state index contributed by atoms with van der Waals surface area (Å²) in [6.45, 7) is 4.52. The van der Waals surface area contributed by atoms with E-state index >= 15 is 0 Å². The van der Waals surface area contributed by atoms with Crippen molar-refractivity contribution in [1.29, 1.82) is 0 Å². The molecule has 7 heteroatoms. The molecule has 0 saturated carbocycles. The van der Waals surface area contributed by atoms with Gasteiger partial charge < -0.3 is 10.4 Å². The number of unbranched alkanes of at least 4 members (excludes halogenated alkanes) is 27. The molecule has 0 radical (unpaired) electrons. The molecule has 0 aliphatic carbocycles. The number of nitrogens with one attached hydrogen (secondary N) is 1. The highest BCUT2D eigenvalue weighted by molar-refractivity contribution is 7.85. The Kier molecular flexibility index (Phi) is 39.7. The molecule has 54 heavy (non-hydrogen) atoms. The molecule has 0 aromatic rings. The Balaban J connectivity index is 3.88. The minimum Gasteiger partial charge on any atom is -0.387 e. The summed E-state index contributed by atoms with van der Waals surface area (Å²) < 4.78 is 32.6. The van der Waals surface area contributed by atoms with E-state index in [2.05, 4.69) is 55.6 Å². The summed E-state index contributed by atoms with van der Waals surface area (Å²) in [6, 6.07) is -1.06. The number of carbonyl (C=O) groups is 1. The number of rotatable bonds is 41. The fourth-order valence-corrected chi connectivity index (χ4v) is 7.54. The number of aliphatic hydroxyl groups excluding tert-OH is 1. The fourth-order valence-electron chi connectivity index (χ4n) is 6.81. The lowest BCUT2D eigenvalue weighted by Crippen LogP contribution is -2.46. The molecule has 0 bridgehead atoms. The van der Waals surface area contributed by atoms with E-state index in [9.17, 15) is 22.9 Å². The first-order valence-corrected chi connectivity index (χ1v) is 24.4. The zero-order valence-corrected chi connectivity index (χ0v) is 36.2. The van der Waals surface area contributed by atoms with Gasteiger partial charge in [0.1, 0.15) is 0 Å². The first kappa shape index (κ1) is 52.3. The van der Waals surface area contributed by atoms with Crippen LogP contribution in [-0.2, 0) is 14.9 Å². The van der Waals surface area contributed by atoms with Crippen LogP contribution in [0, 0.1) is 0 Å². The number of aliphatic hydroxyl groups is 1. The van der Waals surface area contributed by atoms with Gasteiger partial charge in [0.2, 0.25) is 5.91 Å². The highest BCUT2D eigenvalue weighted by Gasteiger charge is 2.24. The number of hydrogen-bond donors (Lipinski definition) is 3. The molecule has 0 aromatic carbocycles. The fraction of sp³-hybridized carbons (Fsp3) is 0.809. The van der Waals surface area contributed by atoms with Crippen molar-refractivity contribution in [2.75, 3.05) is 5.75 Å². The van der Waals surface area contributed by atoms with Crippen molar-refractivity contribution < 1.29 is 22.9 Å². The molecule has 0 spiro atoms. The zero-order chi connectivity index (χ0) is 39.6. The Labute approximate surface area is 335 Å². The van der Waals surface area contributed by atoms with E-state index in [1.165, 1.54) is 141 Å². The largest absolute Gasteiger partial charge is 0.387 e. The third kappa shape index (κ3) is 41.5. The van der Waals surface area contributed by atoms with Gasteiger partial charge in [-0.1, -0.05) is 210 Å². The maximum Gasteiger partial charge on any atom is 0.267 e. The summed E-state index contributed by atoms with van der Waals surface area (Å²) in [7, 11) is -4.35. The van der Waals surface area contributed by atoms with Crippen molar-refractivity contribution in [1.82, 2.24) is 5.32 Å². The molecule has 316 valence electrons. The lowest BCUT2D eigenvalue weighted by molar-refractivity contribution is -0.122. The smallest absolute Gasteiger partial charge is 0.267 e. The summed E-state index contributed by atoms with van der Waals surface area (Å²) >= 11 is 0. The number of carbonyl (C=O) groups excluding carboxylic acids is 1. The minimum atomic E-state index is -4.35. The number of hydrogen-bond acceptors (Lipinski definition) is 4. The third-order valence-corrected chi connectivity index (χ3v) is 11.0. The number of amides is 1. The van der Waals surface area contributed by atoms with E-state index in [-0.39, 0.29) is 12.3 Å². The first-order valence-electron chi connectivity index (χ1n) is 22.8. The monoisotopic (exact) mass is 778 g/mol. The average molecular weight is 778 g/mol. The van der Waals surface area contributed by atoms with Crippen molar-refractivity contribution in [2.45, 2.75) is 238 Å². The van der Waals surface area contributed by atoms with E-state index in [0.29, 0.717) is 0 Å². The highest BCUT2D eigenvalue weighted by atomic mass is 32.2. The van der Waals surface area contributed by atoms with Gasteiger partial charge in [-0.05, 0) is 57.8 Å². The van der Waals surface area contributed by atoms with Gasteiger partial charge >= 0.3 is 0 Å². The van der Waals surface area contributed by atoms with E-state index in [0.717, 1.165) is 64.2 Å². The Morgan fingerprint density at radius 1 is 0.500 bits per heavy atom. The maximum absolute atomic E-state index is 12.5. The second-order valence-electron chi connectivity index (χ2n) is 15.7. The van der Waals surface area contributed by atoms with Crippen LogP contribution in [-0.4, -0.2) is 41.9 Å². The van der Waals surface area contributed by atoms with Gasteiger partial charge in [-0.25, -0.2) is 0 Å². The molecule has 6 nitrogen and oxygen atoms in total. The second kappa shape index (κ2) is 40.9. The van der Waals surface area contributed by atoms with Crippen LogP contribution in [0.5, 0.6) is 0 Å². The molecule has 3 N–H and O–H groups in total. The second-order valence-corrected chi connectivity index (χ2v) is 17.2. The summed E-state index contributed by atoms with van der Waals surface area (Å²) in [5, 5.41) is 13.3. The summed E-state index contributed by atoms with van der Waals surface area (Å²) in [6.07, 6.45) is 55.3. The summed E-state index contributed by atoms with van der Waals surface area (Å²) in [4.78, 5) is 12.5. The third-order valence-electron chi connectivity index (χ3n) is 10.2. The molecular formula is C47H87NO5S. The van der Waals surface area contributed by atoms with Gasteiger partial charge in [0.05, 0.1) is 17.9 Å². The lowest BCUT2D eigenvalue weighted by atomic mass is 10.0. The normalized spacial score (nSPS) is 13.6.